The summed E-state index contributed by atoms with van der Waals surface area (Å²) in [7, 11) is 0. The molecular weight excluding hydrogens is 1300 g/mol. The zero-order valence-corrected chi connectivity index (χ0v) is 66.7. The van der Waals surface area contributed by atoms with E-state index in [2.05, 4.69) is 200 Å². The average molecular weight is 1410 g/mol. The van der Waals surface area contributed by atoms with Crippen LogP contribution < -0.4 is 40.9 Å². The molecule has 12 heteroatoms. The Bertz CT molecular complexity index is 2920. The molecule has 10 nitrogen and oxygen atoms in total. The topological polar surface area (TPSA) is 191 Å². The van der Waals surface area contributed by atoms with Crippen molar-refractivity contribution in [1.82, 2.24) is 9.80 Å². The first-order valence-corrected chi connectivity index (χ1v) is 32.3. The van der Waals surface area contributed by atoms with Crippen molar-refractivity contribution in [3.8, 4) is 34.5 Å². The van der Waals surface area contributed by atoms with E-state index in [0.717, 1.165) is 44.5 Å². The molecule has 0 amide bonds. The van der Waals surface area contributed by atoms with Crippen molar-refractivity contribution in [3.05, 3.63) is 175 Å². The summed E-state index contributed by atoms with van der Waals surface area (Å²) in [4.78, 5) is 4.17. The van der Waals surface area contributed by atoms with Gasteiger partial charge in [-0.25, -0.2) is 0 Å². The van der Waals surface area contributed by atoms with Crippen LogP contribution in [0.1, 0.15) is 272 Å². The van der Waals surface area contributed by atoms with Crippen molar-refractivity contribution >= 4 is 0 Å². The number of nitrogens with zero attached hydrogens (tertiary/aromatic N) is 2. The summed E-state index contributed by atoms with van der Waals surface area (Å²) < 4.78 is 0. The van der Waals surface area contributed by atoms with Gasteiger partial charge >= 0.3 is 52.4 Å². The van der Waals surface area contributed by atoms with Gasteiger partial charge in [0, 0.05) is 39.3 Å². The third-order valence-electron chi connectivity index (χ3n) is 15.7. The monoisotopic (exact) mass is 1410 g/mol. The third-order valence-corrected chi connectivity index (χ3v) is 15.7. The maximum atomic E-state index is 13.9. The predicted octanol–water partition coefficient (Wildman–Crippen LogP) is 14.1. The van der Waals surface area contributed by atoms with Crippen molar-refractivity contribution in [1.29, 1.82) is 0 Å². The molecule has 0 saturated carbocycles. The largest absolute Gasteiger partial charge is 4.00 e. The molecule has 0 fully saturated rings. The minimum Gasteiger partial charge on any atom is -0.872 e. The van der Waals surface area contributed by atoms with E-state index in [0.29, 0.717) is 72.6 Å². The molecule has 500 valence electrons. The molecule has 0 saturated heterocycles. The van der Waals surface area contributed by atoms with Gasteiger partial charge in [0.15, 0.2) is 0 Å². The molecule has 0 unspecified atom stereocenters. The van der Waals surface area contributed by atoms with Crippen LogP contribution in [0.15, 0.2) is 97.1 Å². The summed E-state index contributed by atoms with van der Waals surface area (Å²) in [5, 5.41) is 100. The van der Waals surface area contributed by atoms with Crippen LogP contribution in [-0.2, 0) is 135 Å². The summed E-state index contributed by atoms with van der Waals surface area (Å²) in [6, 6.07) is 30.4. The van der Waals surface area contributed by atoms with Gasteiger partial charge < -0.3 is 40.9 Å². The molecule has 6 rings (SSSR count). The van der Waals surface area contributed by atoms with E-state index < -0.39 is 12.2 Å². The van der Waals surface area contributed by atoms with Crippen LogP contribution in [0.4, 0.5) is 0 Å². The maximum absolute atomic E-state index is 13.9. The van der Waals surface area contributed by atoms with E-state index >= 15 is 0 Å². The summed E-state index contributed by atoms with van der Waals surface area (Å²) in [5.41, 5.74) is 9.86. The molecule has 0 aromatic heterocycles. The number of rotatable bonds is 12. The average Bonchev–Trinajstić information content (AvgIpc) is 0.897. The van der Waals surface area contributed by atoms with E-state index in [4.69, 9.17) is 0 Å². The van der Waals surface area contributed by atoms with Crippen LogP contribution in [-0.4, -0.2) is 22.0 Å². The second-order valence-electron chi connectivity index (χ2n) is 33.7. The Kier molecular flexibility index (Phi) is 31.3. The molecular formula is C80H114N2O8Zr2. The van der Waals surface area contributed by atoms with Gasteiger partial charge in [-0.3, -0.25) is 9.80 Å². The fourth-order valence-corrected chi connectivity index (χ4v) is 10.2. The van der Waals surface area contributed by atoms with Crippen LogP contribution >= 0.6 is 0 Å². The quantitative estimate of drug-likeness (QED) is 0.114. The number of benzene rings is 6. The molecule has 6 aromatic rings. The Morgan fingerprint density at radius 3 is 0.587 bits per heavy atom. The summed E-state index contributed by atoms with van der Waals surface area (Å²) in [5.74, 6) is 0.0537. The summed E-state index contributed by atoms with van der Waals surface area (Å²) in [6.45, 7) is 59.2. The van der Waals surface area contributed by atoms with Gasteiger partial charge in [0.2, 0.25) is 0 Å². The van der Waals surface area contributed by atoms with Gasteiger partial charge in [0.1, 0.15) is 0 Å². The fraction of sp³-hybridized carbons (Fsp3) is 0.550. The molecule has 0 N–H and O–H groups in total. The first-order valence-electron chi connectivity index (χ1n) is 32.3. The molecule has 0 radical (unpaired) electrons. The van der Waals surface area contributed by atoms with E-state index in [1.807, 2.05) is 48.5 Å². The second-order valence-corrected chi connectivity index (χ2v) is 33.7. The molecule has 0 atom stereocenters. The van der Waals surface area contributed by atoms with Crippen molar-refractivity contribution < 1.29 is 93.3 Å². The van der Waals surface area contributed by atoms with Gasteiger partial charge in [-0.15, -0.1) is 46.7 Å². The van der Waals surface area contributed by atoms with Crippen LogP contribution in [0.2, 0.25) is 0 Å². The van der Waals surface area contributed by atoms with Crippen molar-refractivity contribution in [2.45, 2.75) is 289 Å². The standard InChI is InChI=1S/2C37H53NO3.2C3H7O.2Zr/c2*1-34(2,3)27-17-25(32(40)29(19-27)36(7,8)9)22-38(21-24-15-13-14-16-31(24)39)23-26-18-28(35(4,5)6)20-30(33(26)41)37(10,11)12;2*1-3(2)4;;/h2*13-20,39-41H,21-23H2,1-12H3;2*3H,1-2H3;;/q;;2*-1;2*+4/p-6. The van der Waals surface area contributed by atoms with Gasteiger partial charge in [-0.05, 0) is 121 Å². The maximum Gasteiger partial charge on any atom is 4.00 e. The molecule has 0 spiro atoms. The van der Waals surface area contributed by atoms with Crippen LogP contribution in [0.5, 0.6) is 34.5 Å². The zero-order chi connectivity index (χ0) is 69.4. The Morgan fingerprint density at radius 2 is 0.435 bits per heavy atom. The van der Waals surface area contributed by atoms with Gasteiger partial charge in [-0.2, -0.15) is 0 Å². The molecule has 0 heterocycles. The predicted molar refractivity (Wildman–Crippen MR) is 361 cm³/mol. The summed E-state index contributed by atoms with van der Waals surface area (Å²) >= 11 is 0. The van der Waals surface area contributed by atoms with Gasteiger partial charge in [0.25, 0.3) is 0 Å². The molecule has 0 aliphatic carbocycles. The van der Waals surface area contributed by atoms with Crippen molar-refractivity contribution in [3.63, 3.8) is 0 Å². The molecule has 6 aromatic carbocycles. The zero-order valence-electron chi connectivity index (χ0n) is 61.8. The first-order chi connectivity index (χ1) is 40.6. The first kappa shape index (κ1) is 85.7. The van der Waals surface area contributed by atoms with Gasteiger partial charge in [0.05, 0.1) is 0 Å². The van der Waals surface area contributed by atoms with E-state index in [-0.39, 0.29) is 130 Å². The van der Waals surface area contributed by atoms with E-state index in [1.165, 1.54) is 0 Å². The molecule has 92 heavy (non-hydrogen) atoms. The number of hydrogen-bond donors (Lipinski definition) is 0. The Labute approximate surface area is 596 Å². The Morgan fingerprint density at radius 1 is 0.272 bits per heavy atom. The second kappa shape index (κ2) is 33.6. The summed E-state index contributed by atoms with van der Waals surface area (Å²) in [6.07, 6.45) is -0.833. The minimum absolute atomic E-state index is 0. The fourth-order valence-electron chi connectivity index (χ4n) is 10.2. The van der Waals surface area contributed by atoms with Crippen LogP contribution in [0, 0.1) is 0 Å². The van der Waals surface area contributed by atoms with E-state index in [1.54, 1.807) is 52.0 Å². The molecule has 0 aliphatic rings. The van der Waals surface area contributed by atoms with Crippen molar-refractivity contribution in [2.75, 3.05) is 0 Å². The number of hydrogen-bond acceptors (Lipinski definition) is 10. The minimum atomic E-state index is -0.417. The molecule has 0 bridgehead atoms. The SMILES string of the molecule is CC(C)(C)c1cc(CN(Cc2ccccc2[O-])Cc2cc(C(C)(C)C)cc(C(C)(C)C)c2[O-])c([O-])c(C(C)(C)C)c1.CC(C)(C)c1cc(CN(Cc2ccccc2[O-])Cc2cc(C(C)(C)C)cc(C(C)(C)C)c2[O-])c([O-])c(C(C)(C)C)c1.CC(C)[O-].CC(C)[O-].[Zr+4].[Zr+4]. The molecule has 0 aliphatic heterocycles. The smallest absolute Gasteiger partial charge is 0.872 e. The Hall–Kier alpha value is -4.27. The van der Waals surface area contributed by atoms with Crippen LogP contribution in [0.3, 0.4) is 0 Å². The number of para-hydroxylation sites is 2. The van der Waals surface area contributed by atoms with E-state index in [9.17, 15) is 40.9 Å². The van der Waals surface area contributed by atoms with Crippen molar-refractivity contribution in [2.24, 2.45) is 0 Å². The Balaban J connectivity index is 0.000000807. The van der Waals surface area contributed by atoms with Crippen LogP contribution in [0.25, 0.3) is 0 Å². The normalized spacial score (nSPS) is 12.5. The third kappa shape index (κ3) is 26.0. The van der Waals surface area contributed by atoms with Gasteiger partial charge in [-0.1, -0.05) is 291 Å².